The predicted molar refractivity (Wildman–Crippen MR) is 58.6 cm³/mol. The van der Waals surface area contributed by atoms with Crippen LogP contribution in [0, 0.1) is 0 Å². The van der Waals surface area contributed by atoms with Gasteiger partial charge in [-0.25, -0.2) is 9.59 Å². The summed E-state index contributed by atoms with van der Waals surface area (Å²) in [6, 6.07) is -1.18. The number of aliphatic hydroxyl groups excluding tert-OH is 1. The number of amides is 2. The summed E-state index contributed by atoms with van der Waals surface area (Å²) < 4.78 is 0. The van der Waals surface area contributed by atoms with Gasteiger partial charge < -0.3 is 25.3 Å². The second kappa shape index (κ2) is 4.89. The van der Waals surface area contributed by atoms with Crippen molar-refractivity contribution < 1.29 is 19.8 Å². The van der Waals surface area contributed by atoms with Gasteiger partial charge in [0.05, 0.1) is 6.10 Å². The Labute approximate surface area is 99.0 Å². The Morgan fingerprint density at radius 2 is 1.88 bits per heavy atom. The molecular formula is C10H17N3O4. The number of carbonyl (C=O) groups excluding carboxylic acids is 1. The second-order valence-corrected chi connectivity index (χ2v) is 4.42. The highest BCUT2D eigenvalue weighted by molar-refractivity contribution is 5.83. The maximum Gasteiger partial charge on any atom is 0.326 e. The van der Waals surface area contributed by atoms with Gasteiger partial charge in [-0.05, 0) is 0 Å². The molecule has 0 aromatic heterocycles. The average Bonchev–Trinajstić information content (AvgIpc) is 2.72. The van der Waals surface area contributed by atoms with E-state index in [0.29, 0.717) is 13.1 Å². The van der Waals surface area contributed by atoms with Crippen LogP contribution in [0.5, 0.6) is 0 Å². The van der Waals surface area contributed by atoms with E-state index in [1.807, 2.05) is 0 Å². The van der Waals surface area contributed by atoms with Crippen molar-refractivity contribution in [3.8, 4) is 0 Å². The molecule has 96 valence electrons. The molecule has 7 heteroatoms. The first-order valence-electron chi connectivity index (χ1n) is 5.76. The van der Waals surface area contributed by atoms with Crippen molar-refractivity contribution in [2.45, 2.75) is 18.6 Å². The fourth-order valence-electron chi connectivity index (χ4n) is 2.30. The summed E-state index contributed by atoms with van der Waals surface area (Å²) in [5, 5.41) is 21.6. The van der Waals surface area contributed by atoms with Crippen LogP contribution in [0.1, 0.15) is 6.42 Å². The van der Waals surface area contributed by atoms with E-state index in [1.54, 1.807) is 4.90 Å². The summed E-state index contributed by atoms with van der Waals surface area (Å²) in [4.78, 5) is 26.0. The van der Waals surface area contributed by atoms with Crippen molar-refractivity contribution >= 4 is 12.0 Å². The maximum absolute atomic E-state index is 12.1. The third-order valence-electron chi connectivity index (χ3n) is 3.20. The number of carbonyl (C=O) groups is 2. The van der Waals surface area contributed by atoms with Crippen LogP contribution in [-0.4, -0.2) is 76.9 Å². The Bertz CT molecular complexity index is 317. The number of rotatable bonds is 1. The van der Waals surface area contributed by atoms with Crippen LogP contribution in [0.3, 0.4) is 0 Å². The molecule has 2 atom stereocenters. The number of aliphatic carboxylic acids is 1. The lowest BCUT2D eigenvalue weighted by Gasteiger charge is -2.32. The molecule has 3 N–H and O–H groups in total. The first kappa shape index (κ1) is 12.1. The number of piperazine rings is 1. The number of aliphatic hydroxyl groups is 1. The highest BCUT2D eigenvalue weighted by Crippen LogP contribution is 2.20. The Balaban J connectivity index is 2.04. The molecule has 0 aromatic rings. The molecule has 0 unspecified atom stereocenters. The van der Waals surface area contributed by atoms with E-state index in [4.69, 9.17) is 5.11 Å². The predicted octanol–water partition coefficient (Wildman–Crippen LogP) is -1.47. The van der Waals surface area contributed by atoms with Gasteiger partial charge in [0.1, 0.15) is 6.04 Å². The van der Waals surface area contributed by atoms with E-state index in [-0.39, 0.29) is 19.0 Å². The van der Waals surface area contributed by atoms with Crippen LogP contribution < -0.4 is 5.32 Å². The summed E-state index contributed by atoms with van der Waals surface area (Å²) >= 11 is 0. The van der Waals surface area contributed by atoms with Crippen molar-refractivity contribution in [1.29, 1.82) is 0 Å². The number of nitrogens with one attached hydrogen (secondary N) is 1. The topological polar surface area (TPSA) is 93.1 Å². The number of urea groups is 1. The van der Waals surface area contributed by atoms with Crippen LogP contribution in [-0.2, 0) is 4.79 Å². The lowest BCUT2D eigenvalue weighted by Crippen LogP contribution is -2.53. The molecule has 7 nitrogen and oxygen atoms in total. The quantitative estimate of drug-likeness (QED) is 0.523. The molecule has 0 radical (unpaired) electrons. The lowest BCUT2D eigenvalue weighted by molar-refractivity contribution is -0.141. The third-order valence-corrected chi connectivity index (χ3v) is 3.20. The molecule has 2 saturated heterocycles. The Morgan fingerprint density at radius 3 is 2.47 bits per heavy atom. The molecule has 0 bridgehead atoms. The normalized spacial score (nSPS) is 29.5. The van der Waals surface area contributed by atoms with Gasteiger partial charge in [0.2, 0.25) is 0 Å². The van der Waals surface area contributed by atoms with E-state index in [9.17, 15) is 14.7 Å². The molecule has 0 saturated carbocycles. The van der Waals surface area contributed by atoms with Crippen LogP contribution in [0.15, 0.2) is 0 Å². The number of carboxylic acid groups (broad SMARTS) is 1. The van der Waals surface area contributed by atoms with E-state index in [2.05, 4.69) is 5.32 Å². The lowest BCUT2D eigenvalue weighted by atomic mass is 10.2. The summed E-state index contributed by atoms with van der Waals surface area (Å²) in [7, 11) is 0. The molecule has 2 rings (SSSR count). The van der Waals surface area contributed by atoms with Gasteiger partial charge in [-0.15, -0.1) is 0 Å². The zero-order chi connectivity index (χ0) is 12.4. The number of nitrogens with zero attached hydrogens (tertiary/aromatic N) is 2. The fourth-order valence-corrected chi connectivity index (χ4v) is 2.30. The molecule has 0 aromatic carbocycles. The molecule has 2 aliphatic rings. The van der Waals surface area contributed by atoms with Crippen LogP contribution in [0.2, 0.25) is 0 Å². The minimum Gasteiger partial charge on any atom is -0.480 e. The van der Waals surface area contributed by atoms with E-state index < -0.39 is 18.1 Å². The van der Waals surface area contributed by atoms with Crippen LogP contribution >= 0.6 is 0 Å². The Morgan fingerprint density at radius 1 is 1.24 bits per heavy atom. The van der Waals surface area contributed by atoms with Crippen molar-refractivity contribution in [1.82, 2.24) is 15.1 Å². The number of hydrogen-bond donors (Lipinski definition) is 3. The Kier molecular flexibility index (Phi) is 3.49. The summed E-state index contributed by atoms with van der Waals surface area (Å²) in [6.07, 6.45) is -0.615. The SMILES string of the molecule is O=C(O)[C@@H]1C[C@H](O)CN1C(=O)N1CCNCC1. The van der Waals surface area contributed by atoms with Crippen molar-refractivity contribution in [3.05, 3.63) is 0 Å². The monoisotopic (exact) mass is 243 g/mol. The number of carboxylic acids is 1. The van der Waals surface area contributed by atoms with E-state index in [0.717, 1.165) is 13.1 Å². The number of hydrogen-bond acceptors (Lipinski definition) is 4. The number of β-amino-alcohol motifs (C(OH)–C–C–N with tert-alkyl or cyclic N) is 1. The van der Waals surface area contributed by atoms with Gasteiger partial charge in [-0.1, -0.05) is 0 Å². The first-order valence-corrected chi connectivity index (χ1v) is 5.76. The zero-order valence-corrected chi connectivity index (χ0v) is 9.50. The van der Waals surface area contributed by atoms with E-state index >= 15 is 0 Å². The molecule has 17 heavy (non-hydrogen) atoms. The minimum absolute atomic E-state index is 0.111. The highest BCUT2D eigenvalue weighted by Gasteiger charge is 2.40. The maximum atomic E-state index is 12.1. The smallest absolute Gasteiger partial charge is 0.326 e. The van der Waals surface area contributed by atoms with E-state index in [1.165, 1.54) is 4.90 Å². The molecule has 2 aliphatic heterocycles. The molecule has 2 amide bonds. The van der Waals surface area contributed by atoms with Gasteiger partial charge in [0.15, 0.2) is 0 Å². The first-order chi connectivity index (χ1) is 8.09. The number of likely N-dealkylation sites (tertiary alicyclic amines) is 1. The molecule has 0 aliphatic carbocycles. The molecule has 0 spiro atoms. The van der Waals surface area contributed by atoms with Crippen molar-refractivity contribution in [2.24, 2.45) is 0 Å². The highest BCUT2D eigenvalue weighted by atomic mass is 16.4. The van der Waals surface area contributed by atoms with Gasteiger partial charge in [0.25, 0.3) is 0 Å². The van der Waals surface area contributed by atoms with Crippen molar-refractivity contribution in [2.75, 3.05) is 32.7 Å². The Hall–Kier alpha value is -1.34. The van der Waals surface area contributed by atoms with Gasteiger partial charge in [-0.2, -0.15) is 0 Å². The average molecular weight is 243 g/mol. The van der Waals surface area contributed by atoms with Gasteiger partial charge in [0, 0.05) is 39.1 Å². The van der Waals surface area contributed by atoms with Gasteiger partial charge in [-0.3, -0.25) is 0 Å². The summed E-state index contributed by atoms with van der Waals surface area (Å²) in [6.45, 7) is 2.72. The van der Waals surface area contributed by atoms with Crippen LogP contribution in [0.4, 0.5) is 4.79 Å². The van der Waals surface area contributed by atoms with Crippen molar-refractivity contribution in [3.63, 3.8) is 0 Å². The standard InChI is InChI=1S/C10H17N3O4/c14-7-5-8(9(15)16)13(6-7)10(17)12-3-1-11-2-4-12/h7-8,11,14H,1-6H2,(H,15,16)/t7-,8-/m0/s1. The summed E-state index contributed by atoms with van der Waals surface area (Å²) in [5.74, 6) is -1.05. The molecular weight excluding hydrogens is 226 g/mol. The minimum atomic E-state index is -1.05. The summed E-state index contributed by atoms with van der Waals surface area (Å²) in [5.41, 5.74) is 0. The fraction of sp³-hybridized carbons (Fsp3) is 0.800. The second-order valence-electron chi connectivity index (χ2n) is 4.42. The third kappa shape index (κ3) is 2.50. The molecule has 2 heterocycles. The zero-order valence-electron chi connectivity index (χ0n) is 9.50. The molecule has 2 fully saturated rings. The van der Waals surface area contributed by atoms with Gasteiger partial charge >= 0.3 is 12.0 Å². The van der Waals surface area contributed by atoms with Crippen LogP contribution in [0.25, 0.3) is 0 Å². The largest absolute Gasteiger partial charge is 0.480 e.